The van der Waals surface area contributed by atoms with Crippen molar-refractivity contribution < 1.29 is 9.90 Å². The molecule has 0 saturated carbocycles. The fraction of sp³-hybridized carbons (Fsp3) is 0.200. The molecule has 1 heterocycles. The summed E-state index contributed by atoms with van der Waals surface area (Å²) in [6.07, 6.45) is 1.38. The zero-order valence-electron chi connectivity index (χ0n) is 11.2. The number of carboxylic acid groups (broad SMARTS) is 1. The van der Waals surface area contributed by atoms with Crippen LogP contribution in [0.4, 0.5) is 11.5 Å². The van der Waals surface area contributed by atoms with Crippen LogP contribution in [-0.4, -0.2) is 23.1 Å². The number of hydrogen-bond acceptors (Lipinski definition) is 3. The van der Waals surface area contributed by atoms with E-state index < -0.39 is 5.97 Å². The maximum atomic E-state index is 10.9. The summed E-state index contributed by atoms with van der Waals surface area (Å²) in [5.41, 5.74) is 3.26. The third-order valence-electron chi connectivity index (χ3n) is 3.04. The summed E-state index contributed by atoms with van der Waals surface area (Å²) in [5.74, 6) is -0.200. The largest absolute Gasteiger partial charge is 0.478 e. The molecule has 1 N–H and O–H groups in total. The number of carboxylic acids is 1. The Balaban J connectivity index is 2.36. The second-order valence-electron chi connectivity index (χ2n) is 4.56. The summed E-state index contributed by atoms with van der Waals surface area (Å²) in [6, 6.07) is 9.73. The molecule has 0 spiro atoms. The van der Waals surface area contributed by atoms with Crippen LogP contribution in [0.3, 0.4) is 0 Å². The third-order valence-corrected chi connectivity index (χ3v) is 3.04. The van der Waals surface area contributed by atoms with E-state index in [9.17, 15) is 4.79 Å². The highest BCUT2D eigenvalue weighted by molar-refractivity contribution is 5.88. The van der Waals surface area contributed by atoms with Crippen LogP contribution in [0.1, 0.15) is 21.5 Å². The predicted molar refractivity (Wildman–Crippen MR) is 75.2 cm³/mol. The van der Waals surface area contributed by atoms with Crippen LogP contribution in [-0.2, 0) is 0 Å². The van der Waals surface area contributed by atoms with E-state index in [0.717, 1.165) is 17.1 Å². The summed E-state index contributed by atoms with van der Waals surface area (Å²) in [5, 5.41) is 8.93. The van der Waals surface area contributed by atoms with Gasteiger partial charge in [0, 0.05) is 18.9 Å². The standard InChI is InChI=1S/C15H16N2O2/c1-10-4-6-13(7-5-10)17(3)14-11(2)8-12(9-16-14)15(18)19/h4-9H,1-3H3,(H,18,19). The molecule has 19 heavy (non-hydrogen) atoms. The van der Waals surface area contributed by atoms with Gasteiger partial charge >= 0.3 is 5.97 Å². The average molecular weight is 256 g/mol. The minimum absolute atomic E-state index is 0.207. The topological polar surface area (TPSA) is 53.4 Å². The van der Waals surface area contributed by atoms with Gasteiger partial charge in [-0.1, -0.05) is 17.7 Å². The second kappa shape index (κ2) is 5.10. The van der Waals surface area contributed by atoms with Gasteiger partial charge in [0.25, 0.3) is 0 Å². The Morgan fingerprint density at radius 3 is 2.37 bits per heavy atom. The third kappa shape index (κ3) is 2.73. The first kappa shape index (κ1) is 13.1. The molecule has 0 atom stereocenters. The Hall–Kier alpha value is -2.36. The Bertz CT molecular complexity index is 606. The summed E-state index contributed by atoms with van der Waals surface area (Å²) < 4.78 is 0. The molecule has 2 aromatic rings. The number of nitrogens with zero attached hydrogens (tertiary/aromatic N) is 2. The van der Waals surface area contributed by atoms with Crippen molar-refractivity contribution in [2.24, 2.45) is 0 Å². The molecule has 0 bridgehead atoms. The molecule has 0 fully saturated rings. The monoisotopic (exact) mass is 256 g/mol. The van der Waals surface area contributed by atoms with Gasteiger partial charge in [-0.2, -0.15) is 0 Å². The molecule has 2 rings (SSSR count). The molecule has 0 aliphatic carbocycles. The summed E-state index contributed by atoms with van der Waals surface area (Å²) in [7, 11) is 1.92. The first-order valence-electron chi connectivity index (χ1n) is 5.99. The number of carbonyl (C=O) groups is 1. The van der Waals surface area contributed by atoms with Gasteiger partial charge in [0.05, 0.1) is 5.56 Å². The SMILES string of the molecule is Cc1ccc(N(C)c2ncc(C(=O)O)cc2C)cc1. The van der Waals surface area contributed by atoms with Crippen LogP contribution < -0.4 is 4.90 Å². The summed E-state index contributed by atoms with van der Waals surface area (Å²) in [4.78, 5) is 17.1. The second-order valence-corrected chi connectivity index (χ2v) is 4.56. The first-order valence-corrected chi connectivity index (χ1v) is 5.99. The van der Waals surface area contributed by atoms with Gasteiger partial charge in [-0.15, -0.1) is 0 Å². The lowest BCUT2D eigenvalue weighted by molar-refractivity contribution is 0.0696. The zero-order valence-corrected chi connectivity index (χ0v) is 11.2. The number of aryl methyl sites for hydroxylation is 2. The van der Waals surface area contributed by atoms with Gasteiger partial charge in [0.2, 0.25) is 0 Å². The quantitative estimate of drug-likeness (QED) is 0.916. The molecule has 1 aromatic carbocycles. The number of aromatic carboxylic acids is 1. The molecule has 0 unspecified atom stereocenters. The lowest BCUT2D eigenvalue weighted by Crippen LogP contribution is -2.13. The van der Waals surface area contributed by atoms with Crippen molar-refractivity contribution in [3.63, 3.8) is 0 Å². The van der Waals surface area contributed by atoms with Crippen LogP contribution in [0.2, 0.25) is 0 Å². The van der Waals surface area contributed by atoms with Crippen molar-refractivity contribution >= 4 is 17.5 Å². The molecule has 4 nitrogen and oxygen atoms in total. The number of pyridine rings is 1. The van der Waals surface area contributed by atoms with E-state index in [-0.39, 0.29) is 5.56 Å². The molecule has 1 aromatic heterocycles. The molecule has 0 aliphatic heterocycles. The minimum Gasteiger partial charge on any atom is -0.478 e. The van der Waals surface area contributed by atoms with E-state index in [1.54, 1.807) is 6.07 Å². The number of hydrogen-bond donors (Lipinski definition) is 1. The maximum absolute atomic E-state index is 10.9. The van der Waals surface area contributed by atoms with Gasteiger partial charge in [-0.25, -0.2) is 9.78 Å². The minimum atomic E-state index is -0.958. The fourth-order valence-electron chi connectivity index (χ4n) is 1.93. The van der Waals surface area contributed by atoms with E-state index in [4.69, 9.17) is 5.11 Å². The molecular formula is C15H16N2O2. The van der Waals surface area contributed by atoms with Crippen LogP contribution in [0, 0.1) is 13.8 Å². The molecule has 0 saturated heterocycles. The Labute approximate surface area is 112 Å². The van der Waals surface area contributed by atoms with Crippen LogP contribution in [0.25, 0.3) is 0 Å². The van der Waals surface area contributed by atoms with Crippen LogP contribution >= 0.6 is 0 Å². The van der Waals surface area contributed by atoms with Crippen LogP contribution in [0.5, 0.6) is 0 Å². The van der Waals surface area contributed by atoms with Gasteiger partial charge in [-0.05, 0) is 37.6 Å². The molecular weight excluding hydrogens is 240 g/mol. The maximum Gasteiger partial charge on any atom is 0.337 e. The number of rotatable bonds is 3. The molecule has 0 aliphatic rings. The van der Waals surface area contributed by atoms with E-state index in [1.165, 1.54) is 11.8 Å². The van der Waals surface area contributed by atoms with Crippen molar-refractivity contribution in [3.8, 4) is 0 Å². The van der Waals surface area contributed by atoms with Gasteiger partial charge in [0.15, 0.2) is 0 Å². The highest BCUT2D eigenvalue weighted by Crippen LogP contribution is 2.25. The van der Waals surface area contributed by atoms with Crippen LogP contribution in [0.15, 0.2) is 36.5 Å². The predicted octanol–water partition coefficient (Wildman–Crippen LogP) is 3.16. The normalized spacial score (nSPS) is 10.3. The van der Waals surface area contributed by atoms with Gasteiger partial charge < -0.3 is 10.0 Å². The lowest BCUT2D eigenvalue weighted by Gasteiger charge is -2.20. The molecule has 98 valence electrons. The first-order chi connectivity index (χ1) is 8.99. The number of aromatic nitrogens is 1. The number of benzene rings is 1. The highest BCUT2D eigenvalue weighted by atomic mass is 16.4. The number of anilines is 2. The highest BCUT2D eigenvalue weighted by Gasteiger charge is 2.11. The van der Waals surface area contributed by atoms with E-state index in [2.05, 4.69) is 4.98 Å². The Morgan fingerprint density at radius 2 is 1.84 bits per heavy atom. The molecule has 0 radical (unpaired) electrons. The lowest BCUT2D eigenvalue weighted by atomic mass is 10.1. The molecule has 4 heteroatoms. The van der Waals surface area contributed by atoms with Crippen molar-refractivity contribution in [1.82, 2.24) is 4.98 Å². The van der Waals surface area contributed by atoms with Crippen molar-refractivity contribution in [2.75, 3.05) is 11.9 Å². The van der Waals surface area contributed by atoms with E-state index in [0.29, 0.717) is 0 Å². The van der Waals surface area contributed by atoms with Crippen molar-refractivity contribution in [3.05, 3.63) is 53.2 Å². The molecule has 0 amide bonds. The zero-order chi connectivity index (χ0) is 14.0. The average Bonchev–Trinajstić information content (AvgIpc) is 2.38. The Morgan fingerprint density at radius 1 is 1.21 bits per heavy atom. The van der Waals surface area contributed by atoms with E-state index >= 15 is 0 Å². The van der Waals surface area contributed by atoms with Gasteiger partial charge in [0.1, 0.15) is 5.82 Å². The van der Waals surface area contributed by atoms with E-state index in [1.807, 2.05) is 50.1 Å². The van der Waals surface area contributed by atoms with Crippen molar-refractivity contribution in [2.45, 2.75) is 13.8 Å². The Kier molecular flexibility index (Phi) is 3.51. The van der Waals surface area contributed by atoms with Crippen molar-refractivity contribution in [1.29, 1.82) is 0 Å². The van der Waals surface area contributed by atoms with Gasteiger partial charge in [-0.3, -0.25) is 0 Å². The smallest absolute Gasteiger partial charge is 0.337 e. The fourth-order valence-corrected chi connectivity index (χ4v) is 1.93. The summed E-state index contributed by atoms with van der Waals surface area (Å²) in [6.45, 7) is 3.90. The summed E-state index contributed by atoms with van der Waals surface area (Å²) >= 11 is 0.